The Morgan fingerprint density at radius 3 is 2.62 bits per heavy atom. The molecule has 0 radical (unpaired) electrons. The summed E-state index contributed by atoms with van der Waals surface area (Å²) in [5.41, 5.74) is 0.729. The molecule has 44 valence electrons. The lowest BCUT2D eigenvalue weighted by atomic mass is 9.98. The second-order valence-corrected chi connectivity index (χ2v) is 1.96. The van der Waals surface area contributed by atoms with Crippen LogP contribution in [0.15, 0.2) is 12.2 Å². The summed E-state index contributed by atoms with van der Waals surface area (Å²) in [6.07, 6.45) is 0.963. The lowest BCUT2D eigenvalue weighted by molar-refractivity contribution is -0.122. The third kappa shape index (κ3) is 0.529. The van der Waals surface area contributed by atoms with Crippen molar-refractivity contribution in [1.82, 2.24) is 5.32 Å². The zero-order valence-electron chi connectivity index (χ0n) is 4.90. The van der Waals surface area contributed by atoms with Gasteiger partial charge in [-0.15, -0.1) is 0 Å². The lowest BCUT2D eigenvalue weighted by Gasteiger charge is -2.28. The van der Waals surface area contributed by atoms with Crippen molar-refractivity contribution < 1.29 is 4.79 Å². The molecule has 0 saturated carbocycles. The molecule has 1 aliphatic rings. The number of hydrogen-bond donors (Lipinski definition) is 1. The molecular formula is C6H9NO. The Kier molecular flexibility index (Phi) is 1.08. The molecule has 1 heterocycles. The van der Waals surface area contributed by atoms with Crippen LogP contribution in [0.25, 0.3) is 0 Å². The first kappa shape index (κ1) is 5.35. The zero-order valence-corrected chi connectivity index (χ0v) is 4.90. The summed E-state index contributed by atoms with van der Waals surface area (Å²) in [6, 6.07) is 0.266. The summed E-state index contributed by atoms with van der Waals surface area (Å²) < 4.78 is 0. The van der Waals surface area contributed by atoms with Gasteiger partial charge < -0.3 is 5.32 Å². The number of amides is 1. The Balaban J connectivity index is 2.48. The predicted molar refractivity (Wildman–Crippen MR) is 31.4 cm³/mol. The first-order valence-corrected chi connectivity index (χ1v) is 2.75. The minimum atomic E-state index is 0.0110. The number of rotatable bonds is 1. The van der Waals surface area contributed by atoms with Gasteiger partial charge in [-0.05, 0) is 6.42 Å². The van der Waals surface area contributed by atoms with Crippen LogP contribution in [0.3, 0.4) is 0 Å². The summed E-state index contributed by atoms with van der Waals surface area (Å²) in [4.78, 5) is 10.4. The highest BCUT2D eigenvalue weighted by atomic mass is 16.2. The van der Waals surface area contributed by atoms with Gasteiger partial charge in [0.15, 0.2) is 0 Å². The minimum absolute atomic E-state index is 0.0110. The molecule has 8 heavy (non-hydrogen) atoms. The summed E-state index contributed by atoms with van der Waals surface area (Å²) in [7, 11) is 0. The van der Waals surface area contributed by atoms with E-state index in [2.05, 4.69) is 11.9 Å². The summed E-state index contributed by atoms with van der Waals surface area (Å²) in [5, 5.41) is 2.70. The molecule has 1 N–H and O–H groups in total. The van der Waals surface area contributed by atoms with E-state index in [1.807, 2.05) is 6.92 Å². The van der Waals surface area contributed by atoms with E-state index in [0.717, 1.165) is 12.0 Å². The SMILES string of the molecule is C=C1C(=O)N[C@H]1CC. The second-order valence-electron chi connectivity index (χ2n) is 1.96. The molecule has 0 aliphatic carbocycles. The van der Waals surface area contributed by atoms with E-state index in [4.69, 9.17) is 0 Å². The molecule has 0 aromatic heterocycles. The fourth-order valence-electron chi connectivity index (χ4n) is 0.767. The quantitative estimate of drug-likeness (QED) is 0.386. The van der Waals surface area contributed by atoms with Crippen LogP contribution >= 0.6 is 0 Å². The molecule has 1 atom stereocenters. The van der Waals surface area contributed by atoms with Crippen molar-refractivity contribution in [1.29, 1.82) is 0 Å². The molecule has 0 unspecified atom stereocenters. The van der Waals surface area contributed by atoms with Crippen LogP contribution in [0.4, 0.5) is 0 Å². The van der Waals surface area contributed by atoms with Crippen LogP contribution in [0, 0.1) is 0 Å². The van der Waals surface area contributed by atoms with Crippen LogP contribution in [-0.4, -0.2) is 11.9 Å². The molecular weight excluding hydrogens is 102 g/mol. The molecule has 2 nitrogen and oxygen atoms in total. The third-order valence-corrected chi connectivity index (χ3v) is 1.43. The van der Waals surface area contributed by atoms with Gasteiger partial charge in [-0.3, -0.25) is 4.79 Å². The van der Waals surface area contributed by atoms with Crippen molar-refractivity contribution in [3.8, 4) is 0 Å². The maximum Gasteiger partial charge on any atom is 0.249 e. The van der Waals surface area contributed by atoms with E-state index in [9.17, 15) is 4.79 Å². The standard InChI is InChI=1S/C6H9NO/c1-3-5-4(2)6(8)7-5/h5H,2-3H2,1H3,(H,7,8)/t5-/m0/s1. The highest BCUT2D eigenvalue weighted by molar-refractivity contribution is 6.00. The molecule has 0 bridgehead atoms. The van der Waals surface area contributed by atoms with E-state index in [0.29, 0.717) is 0 Å². The van der Waals surface area contributed by atoms with E-state index in [-0.39, 0.29) is 11.9 Å². The fraction of sp³-hybridized carbons (Fsp3) is 0.500. The largest absolute Gasteiger partial charge is 0.345 e. The summed E-state index contributed by atoms with van der Waals surface area (Å²) in [6.45, 7) is 5.60. The van der Waals surface area contributed by atoms with Crippen LogP contribution in [-0.2, 0) is 4.79 Å². The number of β-lactam (4-membered cyclic amide) rings is 1. The van der Waals surface area contributed by atoms with Gasteiger partial charge in [0, 0.05) is 5.57 Å². The number of carbonyl (C=O) groups excluding carboxylic acids is 1. The van der Waals surface area contributed by atoms with Gasteiger partial charge in [-0.1, -0.05) is 13.5 Å². The Labute approximate surface area is 48.6 Å². The molecule has 0 aromatic rings. The maximum atomic E-state index is 10.4. The van der Waals surface area contributed by atoms with E-state index in [1.165, 1.54) is 0 Å². The number of nitrogens with one attached hydrogen (secondary N) is 1. The predicted octanol–water partition coefficient (Wildman–Crippen LogP) is 0.451. The van der Waals surface area contributed by atoms with E-state index in [1.54, 1.807) is 0 Å². The third-order valence-electron chi connectivity index (χ3n) is 1.43. The van der Waals surface area contributed by atoms with Crippen molar-refractivity contribution in [2.45, 2.75) is 19.4 Å². The van der Waals surface area contributed by atoms with Crippen LogP contribution in [0.1, 0.15) is 13.3 Å². The smallest absolute Gasteiger partial charge is 0.249 e. The molecule has 0 aromatic carbocycles. The van der Waals surface area contributed by atoms with Crippen LogP contribution in [0.5, 0.6) is 0 Å². The molecule has 2 heteroatoms. The molecule has 0 spiro atoms. The number of hydrogen-bond acceptors (Lipinski definition) is 1. The monoisotopic (exact) mass is 111 g/mol. The summed E-state index contributed by atoms with van der Waals surface area (Å²) in [5.74, 6) is 0.0110. The Morgan fingerprint density at radius 1 is 1.88 bits per heavy atom. The Bertz CT molecular complexity index is 139. The first-order chi connectivity index (χ1) is 3.75. The van der Waals surface area contributed by atoms with Gasteiger partial charge in [0.05, 0.1) is 6.04 Å². The van der Waals surface area contributed by atoms with Gasteiger partial charge >= 0.3 is 0 Å². The number of carbonyl (C=O) groups is 1. The van der Waals surface area contributed by atoms with Gasteiger partial charge in [0.25, 0.3) is 0 Å². The molecule has 1 rings (SSSR count). The topological polar surface area (TPSA) is 29.1 Å². The zero-order chi connectivity index (χ0) is 6.15. The molecule has 1 amide bonds. The van der Waals surface area contributed by atoms with Crippen LogP contribution < -0.4 is 5.32 Å². The molecule has 1 fully saturated rings. The normalized spacial score (nSPS) is 26.9. The van der Waals surface area contributed by atoms with Gasteiger partial charge in [0.2, 0.25) is 5.91 Å². The average molecular weight is 111 g/mol. The molecule has 1 aliphatic heterocycles. The fourth-order valence-corrected chi connectivity index (χ4v) is 0.767. The van der Waals surface area contributed by atoms with E-state index >= 15 is 0 Å². The van der Waals surface area contributed by atoms with Gasteiger partial charge in [-0.25, -0.2) is 0 Å². The average Bonchev–Trinajstić information content (AvgIpc) is 1.81. The highest BCUT2D eigenvalue weighted by Gasteiger charge is 2.28. The molecule has 1 saturated heterocycles. The van der Waals surface area contributed by atoms with Crippen molar-refractivity contribution in [3.05, 3.63) is 12.2 Å². The highest BCUT2D eigenvalue weighted by Crippen LogP contribution is 2.12. The lowest BCUT2D eigenvalue weighted by Crippen LogP contribution is -2.50. The van der Waals surface area contributed by atoms with Crippen molar-refractivity contribution in [3.63, 3.8) is 0 Å². The summed E-state index contributed by atoms with van der Waals surface area (Å²) >= 11 is 0. The Hall–Kier alpha value is -0.790. The minimum Gasteiger partial charge on any atom is -0.345 e. The van der Waals surface area contributed by atoms with Crippen LogP contribution in [0.2, 0.25) is 0 Å². The first-order valence-electron chi connectivity index (χ1n) is 2.75. The second kappa shape index (κ2) is 1.62. The van der Waals surface area contributed by atoms with Gasteiger partial charge in [0.1, 0.15) is 0 Å². The van der Waals surface area contributed by atoms with E-state index < -0.39 is 0 Å². The van der Waals surface area contributed by atoms with Crippen molar-refractivity contribution in [2.24, 2.45) is 0 Å². The van der Waals surface area contributed by atoms with Gasteiger partial charge in [-0.2, -0.15) is 0 Å². The van der Waals surface area contributed by atoms with Crippen molar-refractivity contribution in [2.75, 3.05) is 0 Å². The maximum absolute atomic E-state index is 10.4. The Morgan fingerprint density at radius 2 is 2.50 bits per heavy atom. The van der Waals surface area contributed by atoms with Crippen molar-refractivity contribution >= 4 is 5.91 Å².